The van der Waals surface area contributed by atoms with Crippen molar-refractivity contribution in [3.63, 3.8) is 0 Å². The number of hydrogen-bond acceptors (Lipinski definition) is 4. The van der Waals surface area contributed by atoms with Gasteiger partial charge < -0.3 is 4.74 Å². The van der Waals surface area contributed by atoms with Crippen LogP contribution < -0.4 is 4.74 Å². The summed E-state index contributed by atoms with van der Waals surface area (Å²) in [6, 6.07) is 19.6. The van der Waals surface area contributed by atoms with E-state index < -0.39 is 0 Å². The third kappa shape index (κ3) is 4.06. The van der Waals surface area contributed by atoms with E-state index in [1.165, 1.54) is 17.4 Å². The quantitative estimate of drug-likeness (QED) is 0.289. The highest BCUT2D eigenvalue weighted by Gasteiger charge is 2.08. The Morgan fingerprint density at radius 3 is 2.29 bits per heavy atom. The van der Waals surface area contributed by atoms with Gasteiger partial charge >= 0.3 is 5.97 Å². The van der Waals surface area contributed by atoms with Crippen molar-refractivity contribution in [1.82, 2.24) is 0 Å². The molecule has 0 aliphatic carbocycles. The Bertz CT molecular complexity index is 848. The molecule has 0 unspecified atom stereocenters. The maximum absolute atomic E-state index is 12.0. The van der Waals surface area contributed by atoms with Crippen molar-refractivity contribution in [2.24, 2.45) is 0 Å². The first-order valence-electron chi connectivity index (χ1n) is 7.35. The number of allylic oxidation sites excluding steroid dienone is 1. The Balaban J connectivity index is 1.63. The van der Waals surface area contributed by atoms with Gasteiger partial charge in [0.1, 0.15) is 10.6 Å². The maximum Gasteiger partial charge on any atom is 0.353 e. The molecule has 1 heterocycles. The Labute approximate surface area is 143 Å². The number of esters is 1. The zero-order valence-electron chi connectivity index (χ0n) is 12.7. The van der Waals surface area contributed by atoms with Crippen molar-refractivity contribution in [2.45, 2.75) is 0 Å². The van der Waals surface area contributed by atoms with Crippen LogP contribution in [0.5, 0.6) is 5.75 Å². The number of carbonyl (C=O) groups excluding carboxylic acids is 2. The van der Waals surface area contributed by atoms with Crippen molar-refractivity contribution in [2.75, 3.05) is 0 Å². The van der Waals surface area contributed by atoms with Crippen molar-refractivity contribution in [3.05, 3.63) is 94.2 Å². The molecule has 0 saturated carbocycles. The van der Waals surface area contributed by atoms with Crippen molar-refractivity contribution >= 4 is 29.2 Å². The van der Waals surface area contributed by atoms with E-state index in [9.17, 15) is 9.59 Å². The molecule has 3 rings (SSSR count). The van der Waals surface area contributed by atoms with Crippen LogP contribution in [0.1, 0.15) is 25.6 Å². The molecule has 24 heavy (non-hydrogen) atoms. The highest BCUT2D eigenvalue weighted by molar-refractivity contribution is 7.12. The molecule has 1 aromatic heterocycles. The molecule has 0 saturated heterocycles. The molecule has 0 amide bonds. The Morgan fingerprint density at radius 1 is 0.875 bits per heavy atom. The van der Waals surface area contributed by atoms with Gasteiger partial charge in [0, 0.05) is 5.56 Å². The van der Waals surface area contributed by atoms with Gasteiger partial charge in [-0.1, -0.05) is 54.6 Å². The predicted octanol–water partition coefficient (Wildman–Crippen LogP) is 4.86. The van der Waals surface area contributed by atoms with E-state index in [0.29, 0.717) is 16.2 Å². The van der Waals surface area contributed by atoms with Crippen molar-refractivity contribution in [3.8, 4) is 5.75 Å². The third-order valence-corrected chi connectivity index (χ3v) is 4.15. The van der Waals surface area contributed by atoms with E-state index in [0.717, 1.165) is 5.56 Å². The van der Waals surface area contributed by atoms with E-state index in [4.69, 9.17) is 4.74 Å². The van der Waals surface area contributed by atoms with Gasteiger partial charge in [-0.05, 0) is 35.2 Å². The minimum Gasteiger partial charge on any atom is -0.422 e. The van der Waals surface area contributed by atoms with Crippen LogP contribution in [0.2, 0.25) is 0 Å². The zero-order chi connectivity index (χ0) is 16.8. The number of hydrogen-bond donors (Lipinski definition) is 0. The minimum atomic E-state index is -0.368. The normalized spacial score (nSPS) is 10.7. The van der Waals surface area contributed by atoms with Crippen LogP contribution in [0.25, 0.3) is 6.08 Å². The number of ether oxygens (including phenoxy) is 1. The largest absolute Gasteiger partial charge is 0.422 e. The SMILES string of the molecule is O=C(/C=C/c1ccc(OC(=O)c2cccs2)cc1)c1ccccc1. The van der Waals surface area contributed by atoms with Gasteiger partial charge in [0.2, 0.25) is 0 Å². The molecule has 3 aromatic rings. The molecule has 2 aromatic carbocycles. The van der Waals surface area contributed by atoms with E-state index in [-0.39, 0.29) is 11.8 Å². The van der Waals surface area contributed by atoms with Crippen molar-refractivity contribution in [1.29, 1.82) is 0 Å². The first-order valence-corrected chi connectivity index (χ1v) is 8.23. The summed E-state index contributed by atoms with van der Waals surface area (Å²) in [5, 5.41) is 1.83. The standard InChI is InChI=1S/C20H14O3S/c21-18(16-5-2-1-3-6-16)13-10-15-8-11-17(12-9-15)23-20(22)19-7-4-14-24-19/h1-14H/b13-10+. The predicted molar refractivity (Wildman–Crippen MR) is 95.5 cm³/mol. The van der Waals surface area contributed by atoms with Gasteiger partial charge in [0.05, 0.1) is 0 Å². The second-order valence-corrected chi connectivity index (χ2v) is 5.95. The summed E-state index contributed by atoms with van der Waals surface area (Å²) in [5.74, 6) is 0.0521. The Hall–Kier alpha value is -2.98. The minimum absolute atomic E-state index is 0.0520. The number of carbonyl (C=O) groups is 2. The molecule has 0 N–H and O–H groups in total. The van der Waals surface area contributed by atoms with Crippen molar-refractivity contribution < 1.29 is 14.3 Å². The molecule has 0 aliphatic rings. The number of thiophene rings is 1. The molecule has 0 atom stereocenters. The van der Waals surface area contributed by atoms with E-state index >= 15 is 0 Å². The lowest BCUT2D eigenvalue weighted by Crippen LogP contribution is -2.05. The van der Waals surface area contributed by atoms with E-state index in [1.807, 2.05) is 23.6 Å². The molecule has 118 valence electrons. The summed E-state index contributed by atoms with van der Waals surface area (Å²) < 4.78 is 5.29. The van der Waals surface area contributed by atoms with Crippen LogP contribution in [0.15, 0.2) is 78.2 Å². The summed E-state index contributed by atoms with van der Waals surface area (Å²) in [6.45, 7) is 0. The Kier molecular flexibility index (Phi) is 4.99. The summed E-state index contributed by atoms with van der Waals surface area (Å²) in [7, 11) is 0. The third-order valence-electron chi connectivity index (χ3n) is 3.30. The maximum atomic E-state index is 12.0. The van der Waals surface area contributed by atoms with Crippen LogP contribution in [0.4, 0.5) is 0 Å². The van der Waals surface area contributed by atoms with Gasteiger partial charge in [-0.15, -0.1) is 11.3 Å². The van der Waals surface area contributed by atoms with E-state index in [1.54, 1.807) is 54.6 Å². The molecule has 0 bridgehead atoms. The summed E-state index contributed by atoms with van der Waals surface area (Å²) >= 11 is 1.34. The summed E-state index contributed by atoms with van der Waals surface area (Å²) in [4.78, 5) is 24.4. The second kappa shape index (κ2) is 7.53. The molecular weight excluding hydrogens is 320 g/mol. The first-order chi connectivity index (χ1) is 11.7. The van der Waals surface area contributed by atoms with Crippen LogP contribution in [0.3, 0.4) is 0 Å². The van der Waals surface area contributed by atoms with Crippen LogP contribution >= 0.6 is 11.3 Å². The zero-order valence-corrected chi connectivity index (χ0v) is 13.5. The molecule has 4 heteroatoms. The topological polar surface area (TPSA) is 43.4 Å². The lowest BCUT2D eigenvalue weighted by Gasteiger charge is -2.03. The lowest BCUT2D eigenvalue weighted by molar-refractivity contribution is 0.0739. The summed E-state index contributed by atoms with van der Waals surface area (Å²) in [5.41, 5.74) is 1.51. The average Bonchev–Trinajstić information content (AvgIpc) is 3.16. The number of rotatable bonds is 5. The molecule has 3 nitrogen and oxygen atoms in total. The van der Waals surface area contributed by atoms with Crippen LogP contribution in [-0.2, 0) is 0 Å². The molecule has 0 fully saturated rings. The van der Waals surface area contributed by atoms with E-state index in [2.05, 4.69) is 0 Å². The lowest BCUT2D eigenvalue weighted by atomic mass is 10.1. The van der Waals surface area contributed by atoms with Gasteiger partial charge in [-0.3, -0.25) is 4.79 Å². The molecular formula is C20H14O3S. The molecule has 0 aliphatic heterocycles. The molecule has 0 radical (unpaired) electrons. The number of benzene rings is 2. The number of ketones is 1. The Morgan fingerprint density at radius 2 is 1.62 bits per heavy atom. The van der Waals surface area contributed by atoms with Gasteiger partial charge in [0.15, 0.2) is 5.78 Å². The summed E-state index contributed by atoms with van der Waals surface area (Å²) in [6.07, 6.45) is 3.27. The monoisotopic (exact) mass is 334 g/mol. The second-order valence-electron chi connectivity index (χ2n) is 5.00. The highest BCUT2D eigenvalue weighted by atomic mass is 32.1. The first kappa shape index (κ1) is 15.9. The highest BCUT2D eigenvalue weighted by Crippen LogP contribution is 2.17. The fourth-order valence-electron chi connectivity index (χ4n) is 2.07. The fourth-order valence-corrected chi connectivity index (χ4v) is 2.67. The average molecular weight is 334 g/mol. The smallest absolute Gasteiger partial charge is 0.353 e. The fraction of sp³-hybridized carbons (Fsp3) is 0. The van der Waals surface area contributed by atoms with Gasteiger partial charge in [-0.2, -0.15) is 0 Å². The van der Waals surface area contributed by atoms with Crippen LogP contribution in [-0.4, -0.2) is 11.8 Å². The molecule has 0 spiro atoms. The van der Waals surface area contributed by atoms with Gasteiger partial charge in [-0.25, -0.2) is 4.79 Å². The van der Waals surface area contributed by atoms with Gasteiger partial charge in [0.25, 0.3) is 0 Å². The van der Waals surface area contributed by atoms with Crippen LogP contribution in [0, 0.1) is 0 Å².